The van der Waals surface area contributed by atoms with Crippen molar-refractivity contribution in [1.29, 1.82) is 0 Å². The average Bonchev–Trinajstić information content (AvgIpc) is 2.80. The van der Waals surface area contributed by atoms with Gasteiger partial charge in [-0.1, -0.05) is 72.8 Å². The van der Waals surface area contributed by atoms with Crippen molar-refractivity contribution in [3.8, 4) is 22.3 Å². The fourth-order valence-corrected chi connectivity index (χ4v) is 4.70. The number of aryl methyl sites for hydroxylation is 2. The average molecular weight is 390 g/mol. The van der Waals surface area contributed by atoms with Crippen molar-refractivity contribution in [3.05, 3.63) is 106 Å². The second kappa shape index (κ2) is 6.29. The largest absolute Gasteiger partial charge is 0.304 e. The van der Waals surface area contributed by atoms with E-state index in [4.69, 9.17) is 0 Å². The Hall–Kier alpha value is -3.92. The van der Waals surface area contributed by atoms with Gasteiger partial charge in [0, 0.05) is 36.0 Å². The maximum atomic E-state index is 13.0. The Morgan fingerprint density at radius 2 is 0.933 bits per heavy atom. The molecule has 0 spiro atoms. The molecule has 1 aliphatic heterocycles. The van der Waals surface area contributed by atoms with Crippen LogP contribution >= 0.6 is 0 Å². The third-order valence-corrected chi connectivity index (χ3v) is 6.06. The van der Waals surface area contributed by atoms with Crippen molar-refractivity contribution in [2.45, 2.75) is 13.1 Å². The summed E-state index contributed by atoms with van der Waals surface area (Å²) < 4.78 is 3.64. The molecule has 1 aliphatic rings. The van der Waals surface area contributed by atoms with E-state index >= 15 is 0 Å². The summed E-state index contributed by atoms with van der Waals surface area (Å²) in [5, 5.41) is 1.98. The van der Waals surface area contributed by atoms with Gasteiger partial charge in [-0.05, 0) is 22.3 Å². The normalized spacial score (nSPS) is 12.7. The lowest BCUT2D eigenvalue weighted by Gasteiger charge is -2.24. The van der Waals surface area contributed by atoms with Crippen LogP contribution in [0.1, 0.15) is 0 Å². The smallest absolute Gasteiger partial charge is 0.251 e. The predicted octanol–water partition coefficient (Wildman–Crippen LogP) is 4.66. The van der Waals surface area contributed by atoms with Crippen LogP contribution in [0.4, 0.5) is 0 Å². The molecule has 3 heterocycles. The Kier molecular flexibility index (Phi) is 3.56. The van der Waals surface area contributed by atoms with E-state index in [0.717, 1.165) is 44.1 Å². The highest BCUT2D eigenvalue weighted by Crippen LogP contribution is 2.36. The van der Waals surface area contributed by atoms with E-state index in [0.29, 0.717) is 13.1 Å². The van der Waals surface area contributed by atoms with Crippen molar-refractivity contribution in [2.75, 3.05) is 0 Å². The summed E-state index contributed by atoms with van der Waals surface area (Å²) in [5.74, 6) is 0. The Labute approximate surface area is 172 Å². The number of pyridine rings is 2. The molecule has 0 radical (unpaired) electrons. The van der Waals surface area contributed by atoms with Crippen LogP contribution in [0.25, 0.3) is 44.1 Å². The Morgan fingerprint density at radius 1 is 0.533 bits per heavy atom. The molecule has 0 fully saturated rings. The van der Waals surface area contributed by atoms with Crippen LogP contribution in [-0.4, -0.2) is 9.13 Å². The van der Waals surface area contributed by atoms with Crippen LogP contribution in [0, 0.1) is 0 Å². The van der Waals surface area contributed by atoms with Gasteiger partial charge < -0.3 is 9.13 Å². The minimum Gasteiger partial charge on any atom is -0.304 e. The first-order valence-electron chi connectivity index (χ1n) is 10.1. The standard InChI is InChI=1S/C26H18N2O2/c29-23-15-21(17-7-3-1-4-8-17)19-11-12-20-22(18-9-5-2-6-10-18)16-24(30)28-14-13-27(23)25(19)26(20)28/h1-12,15-16H,13-14H2. The van der Waals surface area contributed by atoms with E-state index in [-0.39, 0.29) is 11.1 Å². The number of hydrogen-bond acceptors (Lipinski definition) is 2. The first-order chi connectivity index (χ1) is 14.7. The minimum absolute atomic E-state index is 0.0299. The van der Waals surface area contributed by atoms with Gasteiger partial charge in [0.15, 0.2) is 0 Å². The van der Waals surface area contributed by atoms with Crippen molar-refractivity contribution in [3.63, 3.8) is 0 Å². The van der Waals surface area contributed by atoms with Crippen LogP contribution in [-0.2, 0) is 13.1 Å². The molecule has 5 aromatic rings. The van der Waals surface area contributed by atoms with Gasteiger partial charge in [0.2, 0.25) is 0 Å². The number of nitrogens with zero attached hydrogens (tertiary/aromatic N) is 2. The van der Waals surface area contributed by atoms with Crippen LogP contribution in [0.3, 0.4) is 0 Å². The lowest BCUT2D eigenvalue weighted by atomic mass is 9.95. The first kappa shape index (κ1) is 17.0. The molecule has 0 amide bonds. The molecule has 0 N–H and O–H groups in total. The number of rotatable bonds is 2. The van der Waals surface area contributed by atoms with E-state index in [1.807, 2.05) is 69.8 Å². The molecule has 0 bridgehead atoms. The zero-order chi connectivity index (χ0) is 20.2. The summed E-state index contributed by atoms with van der Waals surface area (Å²) in [6.45, 7) is 1.00. The molecular formula is C26H18N2O2. The van der Waals surface area contributed by atoms with Gasteiger partial charge in [-0.25, -0.2) is 0 Å². The van der Waals surface area contributed by atoms with Gasteiger partial charge in [0.1, 0.15) is 0 Å². The SMILES string of the molecule is O=c1cc(-c2ccccc2)c2ccc3c(-c4ccccc4)cc(=O)n4c3c2n1CC4. The zero-order valence-electron chi connectivity index (χ0n) is 16.2. The fraction of sp³-hybridized carbons (Fsp3) is 0.0769. The minimum atomic E-state index is -0.0299. The van der Waals surface area contributed by atoms with Crippen LogP contribution in [0.5, 0.6) is 0 Å². The highest BCUT2D eigenvalue weighted by Gasteiger charge is 2.21. The van der Waals surface area contributed by atoms with Gasteiger partial charge in [-0.15, -0.1) is 0 Å². The van der Waals surface area contributed by atoms with E-state index in [2.05, 4.69) is 12.1 Å². The summed E-state index contributed by atoms with van der Waals surface area (Å²) in [7, 11) is 0. The molecule has 2 aromatic heterocycles. The predicted molar refractivity (Wildman–Crippen MR) is 121 cm³/mol. The lowest BCUT2D eigenvalue weighted by Crippen LogP contribution is -2.31. The quantitative estimate of drug-likeness (QED) is 0.411. The summed E-state index contributed by atoms with van der Waals surface area (Å²) in [6.07, 6.45) is 0. The fourth-order valence-electron chi connectivity index (χ4n) is 4.70. The van der Waals surface area contributed by atoms with Crippen molar-refractivity contribution in [1.82, 2.24) is 9.13 Å². The van der Waals surface area contributed by atoms with Crippen LogP contribution < -0.4 is 11.1 Å². The van der Waals surface area contributed by atoms with Crippen LogP contribution in [0.15, 0.2) is 94.5 Å². The number of hydrogen-bond donors (Lipinski definition) is 0. The van der Waals surface area contributed by atoms with Gasteiger partial charge >= 0.3 is 0 Å². The molecule has 30 heavy (non-hydrogen) atoms. The summed E-state index contributed by atoms with van der Waals surface area (Å²) >= 11 is 0. The maximum absolute atomic E-state index is 13.0. The maximum Gasteiger partial charge on any atom is 0.251 e. The molecule has 3 aromatic carbocycles. The molecule has 4 heteroatoms. The second-order valence-electron chi connectivity index (χ2n) is 7.69. The lowest BCUT2D eigenvalue weighted by molar-refractivity contribution is 0.563. The van der Waals surface area contributed by atoms with Crippen LogP contribution in [0.2, 0.25) is 0 Å². The molecule has 0 aliphatic carbocycles. The highest BCUT2D eigenvalue weighted by molar-refractivity contribution is 6.12. The monoisotopic (exact) mass is 390 g/mol. The van der Waals surface area contributed by atoms with Gasteiger partial charge in [-0.2, -0.15) is 0 Å². The van der Waals surface area contributed by atoms with E-state index in [1.165, 1.54) is 0 Å². The molecule has 4 nitrogen and oxygen atoms in total. The molecule has 6 rings (SSSR count). The Balaban J connectivity index is 1.83. The number of benzene rings is 3. The number of aromatic nitrogens is 2. The van der Waals surface area contributed by atoms with Crippen molar-refractivity contribution < 1.29 is 0 Å². The second-order valence-corrected chi connectivity index (χ2v) is 7.69. The van der Waals surface area contributed by atoms with Gasteiger partial charge in [0.25, 0.3) is 11.1 Å². The summed E-state index contributed by atoms with van der Waals surface area (Å²) in [5.41, 5.74) is 5.44. The third kappa shape index (κ3) is 2.34. The first-order valence-corrected chi connectivity index (χ1v) is 10.1. The van der Waals surface area contributed by atoms with Crippen molar-refractivity contribution in [2.24, 2.45) is 0 Å². The Bertz CT molecular complexity index is 1440. The summed E-state index contributed by atoms with van der Waals surface area (Å²) in [4.78, 5) is 26.1. The van der Waals surface area contributed by atoms with Gasteiger partial charge in [-0.3, -0.25) is 9.59 Å². The van der Waals surface area contributed by atoms with E-state index in [1.54, 1.807) is 12.1 Å². The summed E-state index contributed by atoms with van der Waals surface area (Å²) in [6, 6.07) is 27.5. The molecule has 0 unspecified atom stereocenters. The topological polar surface area (TPSA) is 44.0 Å². The van der Waals surface area contributed by atoms with Gasteiger partial charge in [0.05, 0.1) is 11.0 Å². The van der Waals surface area contributed by atoms with E-state index in [9.17, 15) is 9.59 Å². The molecule has 0 saturated carbocycles. The molecular weight excluding hydrogens is 372 g/mol. The highest BCUT2D eigenvalue weighted by atomic mass is 16.1. The van der Waals surface area contributed by atoms with Crippen molar-refractivity contribution >= 4 is 21.8 Å². The molecule has 0 atom stereocenters. The Morgan fingerprint density at radius 3 is 1.33 bits per heavy atom. The third-order valence-electron chi connectivity index (χ3n) is 6.06. The van der Waals surface area contributed by atoms with E-state index < -0.39 is 0 Å². The molecule has 0 saturated heterocycles. The molecule has 144 valence electrons. The zero-order valence-corrected chi connectivity index (χ0v) is 16.2.